The molecule has 0 amide bonds. The normalized spacial score (nSPS) is 25.9. The number of hydrogen-bond donors (Lipinski definition) is 1. The maximum atomic E-state index is 5.65. The van der Waals surface area contributed by atoms with Gasteiger partial charge in [-0.05, 0) is 48.8 Å². The van der Waals surface area contributed by atoms with Gasteiger partial charge in [-0.1, -0.05) is 31.2 Å². The van der Waals surface area contributed by atoms with Crippen molar-refractivity contribution in [2.45, 2.75) is 38.0 Å². The molecule has 14 heavy (non-hydrogen) atoms. The Bertz CT molecular complexity index is 306. The monoisotopic (exact) mass is 189 g/mol. The van der Waals surface area contributed by atoms with Gasteiger partial charge < -0.3 is 5.73 Å². The van der Waals surface area contributed by atoms with E-state index in [2.05, 4.69) is 31.2 Å². The van der Waals surface area contributed by atoms with Crippen LogP contribution in [-0.4, -0.2) is 6.54 Å². The first kappa shape index (κ1) is 9.72. The van der Waals surface area contributed by atoms with E-state index in [9.17, 15) is 0 Å². The molecule has 2 rings (SSSR count). The molecule has 2 atom stereocenters. The van der Waals surface area contributed by atoms with Crippen molar-refractivity contribution in [3.8, 4) is 0 Å². The van der Waals surface area contributed by atoms with Crippen LogP contribution in [0.5, 0.6) is 0 Å². The third kappa shape index (κ3) is 1.69. The largest absolute Gasteiger partial charge is 0.330 e. The topological polar surface area (TPSA) is 26.0 Å². The van der Waals surface area contributed by atoms with Gasteiger partial charge in [0.15, 0.2) is 0 Å². The number of fused-ring (bicyclic) bond motifs is 1. The van der Waals surface area contributed by atoms with Crippen LogP contribution in [0.1, 0.15) is 49.1 Å². The van der Waals surface area contributed by atoms with Crippen molar-refractivity contribution in [1.82, 2.24) is 0 Å². The molecule has 0 aliphatic heterocycles. The van der Waals surface area contributed by atoms with Crippen LogP contribution in [0.4, 0.5) is 0 Å². The standard InChI is InChI=1S/C13H19N/c1-10-6-7-11(8-9-14)13-5-3-2-4-12(10)13/h2-5,10-11H,6-9,14H2,1H3. The Morgan fingerprint density at radius 2 is 1.93 bits per heavy atom. The van der Waals surface area contributed by atoms with Gasteiger partial charge in [-0.2, -0.15) is 0 Å². The summed E-state index contributed by atoms with van der Waals surface area (Å²) >= 11 is 0. The second-order valence-electron chi connectivity index (χ2n) is 4.38. The molecule has 1 aromatic carbocycles. The van der Waals surface area contributed by atoms with Gasteiger partial charge in [0.25, 0.3) is 0 Å². The molecule has 1 heteroatoms. The minimum atomic E-state index is 0.715. The molecule has 0 saturated heterocycles. The second kappa shape index (κ2) is 4.14. The van der Waals surface area contributed by atoms with E-state index >= 15 is 0 Å². The summed E-state index contributed by atoms with van der Waals surface area (Å²) in [5.74, 6) is 1.45. The van der Waals surface area contributed by atoms with Crippen molar-refractivity contribution in [1.29, 1.82) is 0 Å². The summed E-state index contributed by atoms with van der Waals surface area (Å²) in [6, 6.07) is 8.87. The van der Waals surface area contributed by atoms with Gasteiger partial charge >= 0.3 is 0 Å². The maximum Gasteiger partial charge on any atom is -0.00714 e. The lowest BCUT2D eigenvalue weighted by atomic mass is 9.76. The van der Waals surface area contributed by atoms with Crippen molar-refractivity contribution in [2.24, 2.45) is 5.73 Å². The summed E-state index contributed by atoms with van der Waals surface area (Å²) in [7, 11) is 0. The van der Waals surface area contributed by atoms with Crippen LogP contribution in [0.25, 0.3) is 0 Å². The first-order valence-electron chi connectivity index (χ1n) is 5.62. The van der Waals surface area contributed by atoms with Crippen LogP contribution in [0.3, 0.4) is 0 Å². The summed E-state index contributed by atoms with van der Waals surface area (Å²) in [6.45, 7) is 3.14. The van der Waals surface area contributed by atoms with Crippen LogP contribution >= 0.6 is 0 Å². The first-order chi connectivity index (χ1) is 6.83. The fraction of sp³-hybridized carbons (Fsp3) is 0.538. The van der Waals surface area contributed by atoms with E-state index in [1.54, 1.807) is 11.1 Å². The predicted octanol–water partition coefficient (Wildman–Crippen LogP) is 3.02. The van der Waals surface area contributed by atoms with Gasteiger partial charge in [0.1, 0.15) is 0 Å². The number of rotatable bonds is 2. The lowest BCUT2D eigenvalue weighted by molar-refractivity contribution is 0.483. The Morgan fingerprint density at radius 1 is 1.21 bits per heavy atom. The highest BCUT2D eigenvalue weighted by Crippen LogP contribution is 2.39. The lowest BCUT2D eigenvalue weighted by Crippen LogP contribution is -2.15. The fourth-order valence-corrected chi connectivity index (χ4v) is 2.59. The lowest BCUT2D eigenvalue weighted by Gasteiger charge is -2.29. The zero-order chi connectivity index (χ0) is 9.97. The molecule has 0 saturated carbocycles. The zero-order valence-corrected chi connectivity index (χ0v) is 8.87. The van der Waals surface area contributed by atoms with Crippen molar-refractivity contribution in [3.05, 3.63) is 35.4 Å². The second-order valence-corrected chi connectivity index (χ2v) is 4.38. The van der Waals surface area contributed by atoms with Gasteiger partial charge in [-0.15, -0.1) is 0 Å². The van der Waals surface area contributed by atoms with E-state index in [1.165, 1.54) is 12.8 Å². The number of nitrogens with two attached hydrogens (primary N) is 1. The van der Waals surface area contributed by atoms with E-state index in [4.69, 9.17) is 5.73 Å². The predicted molar refractivity (Wildman–Crippen MR) is 60.5 cm³/mol. The van der Waals surface area contributed by atoms with Gasteiger partial charge in [-0.25, -0.2) is 0 Å². The summed E-state index contributed by atoms with van der Waals surface area (Å²) < 4.78 is 0. The summed E-state index contributed by atoms with van der Waals surface area (Å²) in [6.07, 6.45) is 3.78. The zero-order valence-electron chi connectivity index (χ0n) is 8.87. The van der Waals surface area contributed by atoms with E-state index in [0.29, 0.717) is 5.92 Å². The highest BCUT2D eigenvalue weighted by Gasteiger charge is 2.23. The molecular weight excluding hydrogens is 170 g/mol. The quantitative estimate of drug-likeness (QED) is 0.760. The van der Waals surface area contributed by atoms with E-state index in [-0.39, 0.29) is 0 Å². The number of benzene rings is 1. The third-order valence-corrected chi connectivity index (χ3v) is 3.43. The van der Waals surface area contributed by atoms with Crippen LogP contribution in [0.15, 0.2) is 24.3 Å². The molecule has 0 spiro atoms. The molecule has 0 fully saturated rings. The molecule has 0 heterocycles. The Labute approximate surface area is 86.3 Å². The highest BCUT2D eigenvalue weighted by molar-refractivity contribution is 5.35. The molecule has 2 unspecified atom stereocenters. The maximum absolute atomic E-state index is 5.65. The van der Waals surface area contributed by atoms with Gasteiger partial charge in [-0.3, -0.25) is 0 Å². The minimum absolute atomic E-state index is 0.715. The first-order valence-corrected chi connectivity index (χ1v) is 5.62. The average Bonchev–Trinajstić information content (AvgIpc) is 2.23. The Kier molecular flexibility index (Phi) is 2.87. The van der Waals surface area contributed by atoms with E-state index < -0.39 is 0 Å². The molecule has 1 aromatic rings. The van der Waals surface area contributed by atoms with Crippen molar-refractivity contribution in [2.75, 3.05) is 6.54 Å². The molecule has 0 bridgehead atoms. The highest BCUT2D eigenvalue weighted by atomic mass is 14.5. The van der Waals surface area contributed by atoms with Crippen molar-refractivity contribution >= 4 is 0 Å². The average molecular weight is 189 g/mol. The van der Waals surface area contributed by atoms with Gasteiger partial charge in [0, 0.05) is 0 Å². The summed E-state index contributed by atoms with van der Waals surface area (Å²) in [5, 5.41) is 0. The molecule has 2 N–H and O–H groups in total. The van der Waals surface area contributed by atoms with Gasteiger partial charge in [0.2, 0.25) is 0 Å². The SMILES string of the molecule is CC1CCC(CCN)c2ccccc21. The number of hydrogen-bond acceptors (Lipinski definition) is 1. The van der Waals surface area contributed by atoms with E-state index in [0.717, 1.165) is 18.9 Å². The molecule has 0 aromatic heterocycles. The third-order valence-electron chi connectivity index (χ3n) is 3.43. The Balaban J connectivity index is 2.31. The Hall–Kier alpha value is -0.820. The molecular formula is C13H19N. The molecule has 1 nitrogen and oxygen atoms in total. The summed E-state index contributed by atoms with van der Waals surface area (Å²) in [5.41, 5.74) is 8.76. The van der Waals surface area contributed by atoms with Crippen LogP contribution in [0, 0.1) is 0 Å². The molecule has 0 radical (unpaired) electrons. The van der Waals surface area contributed by atoms with Crippen LogP contribution in [-0.2, 0) is 0 Å². The molecule has 1 aliphatic carbocycles. The molecule has 76 valence electrons. The fourth-order valence-electron chi connectivity index (χ4n) is 2.59. The van der Waals surface area contributed by atoms with Gasteiger partial charge in [0.05, 0.1) is 0 Å². The smallest absolute Gasteiger partial charge is 0.00714 e. The van der Waals surface area contributed by atoms with Crippen molar-refractivity contribution in [3.63, 3.8) is 0 Å². The van der Waals surface area contributed by atoms with E-state index in [1.807, 2.05) is 0 Å². The van der Waals surface area contributed by atoms with Crippen LogP contribution in [0.2, 0.25) is 0 Å². The molecule has 1 aliphatic rings. The van der Waals surface area contributed by atoms with Crippen molar-refractivity contribution < 1.29 is 0 Å². The summed E-state index contributed by atoms with van der Waals surface area (Å²) in [4.78, 5) is 0. The van der Waals surface area contributed by atoms with Crippen LogP contribution < -0.4 is 5.73 Å². The Morgan fingerprint density at radius 3 is 2.64 bits per heavy atom. The minimum Gasteiger partial charge on any atom is -0.330 e.